The van der Waals surface area contributed by atoms with E-state index in [0.29, 0.717) is 5.69 Å². The number of anilines is 2. The van der Waals surface area contributed by atoms with Crippen LogP contribution in [0.25, 0.3) is 0 Å². The second kappa shape index (κ2) is 7.05. The SMILES string of the molecule is CCN(c1ccccc1)S(=O)(=O)c1nnc(NC(=O)C(C)C)s1. The molecule has 1 amide bonds. The van der Waals surface area contributed by atoms with Crippen molar-refractivity contribution in [2.45, 2.75) is 25.1 Å². The minimum atomic E-state index is -3.81. The van der Waals surface area contributed by atoms with E-state index in [9.17, 15) is 13.2 Å². The van der Waals surface area contributed by atoms with E-state index < -0.39 is 10.0 Å². The van der Waals surface area contributed by atoms with Gasteiger partial charge in [-0.15, -0.1) is 10.2 Å². The molecule has 0 aliphatic carbocycles. The molecule has 1 aromatic carbocycles. The first-order valence-electron chi connectivity index (χ1n) is 7.08. The number of hydrogen-bond acceptors (Lipinski definition) is 6. The number of aromatic nitrogens is 2. The van der Waals surface area contributed by atoms with Crippen LogP contribution in [0.1, 0.15) is 20.8 Å². The topological polar surface area (TPSA) is 92.3 Å². The van der Waals surface area contributed by atoms with Crippen LogP contribution in [0.15, 0.2) is 34.7 Å². The van der Waals surface area contributed by atoms with Gasteiger partial charge in [0.2, 0.25) is 11.0 Å². The standard InChI is InChI=1S/C14H18N4O3S2/c1-4-18(11-8-6-5-7-9-11)23(20,21)14-17-16-13(22-14)15-12(19)10(2)3/h5-10H,4H2,1-3H3,(H,15,16,19). The lowest BCUT2D eigenvalue weighted by Crippen LogP contribution is -2.30. The molecule has 2 aromatic rings. The lowest BCUT2D eigenvalue weighted by molar-refractivity contribution is -0.118. The van der Waals surface area contributed by atoms with Crippen LogP contribution >= 0.6 is 11.3 Å². The summed E-state index contributed by atoms with van der Waals surface area (Å²) in [6.07, 6.45) is 0. The summed E-state index contributed by atoms with van der Waals surface area (Å²) in [6, 6.07) is 8.77. The van der Waals surface area contributed by atoms with Crippen molar-refractivity contribution < 1.29 is 13.2 Å². The molecule has 1 N–H and O–H groups in total. The van der Waals surface area contributed by atoms with Gasteiger partial charge in [-0.2, -0.15) is 8.42 Å². The molecule has 0 saturated heterocycles. The van der Waals surface area contributed by atoms with E-state index in [0.717, 1.165) is 11.3 Å². The number of carbonyl (C=O) groups is 1. The minimum absolute atomic E-state index is 0.151. The molecule has 0 unspecified atom stereocenters. The number of carbonyl (C=O) groups excluding carboxylic acids is 1. The van der Waals surface area contributed by atoms with Crippen LogP contribution in [0.4, 0.5) is 10.8 Å². The molecule has 1 heterocycles. The van der Waals surface area contributed by atoms with Crippen LogP contribution in [-0.4, -0.2) is 31.1 Å². The van der Waals surface area contributed by atoms with Crippen LogP contribution in [-0.2, 0) is 14.8 Å². The number of nitrogens with zero attached hydrogens (tertiary/aromatic N) is 3. The average Bonchev–Trinajstić information content (AvgIpc) is 2.98. The summed E-state index contributed by atoms with van der Waals surface area (Å²) in [5, 5.41) is 10.2. The van der Waals surface area contributed by atoms with Crippen molar-refractivity contribution >= 4 is 38.1 Å². The number of hydrogen-bond donors (Lipinski definition) is 1. The highest BCUT2D eigenvalue weighted by Crippen LogP contribution is 2.27. The Bertz CT molecular complexity index is 772. The Balaban J connectivity index is 2.29. The number of benzene rings is 1. The lowest BCUT2D eigenvalue weighted by atomic mass is 10.2. The van der Waals surface area contributed by atoms with E-state index in [1.807, 2.05) is 6.07 Å². The van der Waals surface area contributed by atoms with E-state index in [4.69, 9.17) is 0 Å². The third kappa shape index (κ3) is 3.85. The van der Waals surface area contributed by atoms with E-state index in [-0.39, 0.29) is 27.8 Å². The van der Waals surface area contributed by atoms with Gasteiger partial charge >= 0.3 is 0 Å². The van der Waals surface area contributed by atoms with Crippen LogP contribution in [0, 0.1) is 5.92 Å². The monoisotopic (exact) mass is 354 g/mol. The predicted octanol–water partition coefficient (Wildman–Crippen LogP) is 2.35. The van der Waals surface area contributed by atoms with Crippen LogP contribution in [0.3, 0.4) is 0 Å². The summed E-state index contributed by atoms with van der Waals surface area (Å²) >= 11 is 0.840. The fraction of sp³-hybridized carbons (Fsp3) is 0.357. The zero-order chi connectivity index (χ0) is 17.0. The highest BCUT2D eigenvalue weighted by Gasteiger charge is 2.28. The first kappa shape index (κ1) is 17.4. The number of amides is 1. The molecule has 0 bridgehead atoms. The Kier molecular flexibility index (Phi) is 5.32. The molecule has 2 rings (SSSR count). The van der Waals surface area contributed by atoms with Crippen molar-refractivity contribution in [3.63, 3.8) is 0 Å². The molecule has 124 valence electrons. The molecule has 0 radical (unpaired) electrons. The summed E-state index contributed by atoms with van der Waals surface area (Å²) in [6.45, 7) is 5.48. The van der Waals surface area contributed by atoms with Crippen molar-refractivity contribution in [2.75, 3.05) is 16.2 Å². The van der Waals surface area contributed by atoms with Crippen molar-refractivity contribution in [1.29, 1.82) is 0 Å². The van der Waals surface area contributed by atoms with E-state index >= 15 is 0 Å². The molecule has 9 heteroatoms. The fourth-order valence-corrected chi connectivity index (χ4v) is 4.27. The van der Waals surface area contributed by atoms with Crippen LogP contribution in [0.5, 0.6) is 0 Å². The molecular formula is C14H18N4O3S2. The average molecular weight is 354 g/mol. The van der Waals surface area contributed by atoms with Crippen LogP contribution < -0.4 is 9.62 Å². The molecule has 23 heavy (non-hydrogen) atoms. The third-order valence-corrected chi connectivity index (χ3v) is 6.09. The molecular weight excluding hydrogens is 336 g/mol. The second-order valence-electron chi connectivity index (χ2n) is 5.02. The van der Waals surface area contributed by atoms with Gasteiger partial charge < -0.3 is 5.32 Å². The largest absolute Gasteiger partial charge is 0.300 e. The summed E-state index contributed by atoms with van der Waals surface area (Å²) in [4.78, 5) is 11.7. The number of para-hydroxylation sites is 1. The third-order valence-electron chi connectivity index (χ3n) is 3.00. The molecule has 0 spiro atoms. The Labute approximate surface area is 139 Å². The van der Waals surface area contributed by atoms with Crippen molar-refractivity contribution in [3.05, 3.63) is 30.3 Å². The zero-order valence-corrected chi connectivity index (χ0v) is 14.7. The Morgan fingerprint density at radius 1 is 1.26 bits per heavy atom. The highest BCUT2D eigenvalue weighted by atomic mass is 32.2. The van der Waals surface area contributed by atoms with E-state index in [2.05, 4.69) is 15.5 Å². The van der Waals surface area contributed by atoms with Crippen molar-refractivity contribution in [1.82, 2.24) is 10.2 Å². The molecule has 0 aliphatic heterocycles. The van der Waals surface area contributed by atoms with Gasteiger partial charge in [0.1, 0.15) is 0 Å². The number of rotatable bonds is 6. The van der Waals surface area contributed by atoms with Gasteiger partial charge in [0.05, 0.1) is 5.69 Å². The van der Waals surface area contributed by atoms with Gasteiger partial charge in [-0.05, 0) is 19.1 Å². The molecule has 0 fully saturated rings. The Morgan fingerprint density at radius 2 is 1.91 bits per heavy atom. The molecule has 0 saturated carbocycles. The van der Waals surface area contributed by atoms with E-state index in [1.165, 1.54) is 4.31 Å². The van der Waals surface area contributed by atoms with Crippen molar-refractivity contribution in [2.24, 2.45) is 5.92 Å². The second-order valence-corrected chi connectivity index (χ2v) is 8.04. The quantitative estimate of drug-likeness (QED) is 0.804. The zero-order valence-electron chi connectivity index (χ0n) is 13.1. The normalized spacial score (nSPS) is 11.5. The molecule has 7 nitrogen and oxygen atoms in total. The summed E-state index contributed by atoms with van der Waals surface area (Å²) in [5.74, 6) is -0.462. The van der Waals surface area contributed by atoms with E-state index in [1.54, 1.807) is 45.0 Å². The summed E-state index contributed by atoms with van der Waals surface area (Å²) in [7, 11) is -3.81. The van der Waals surface area contributed by atoms with Gasteiger partial charge in [-0.3, -0.25) is 9.10 Å². The summed E-state index contributed by atoms with van der Waals surface area (Å²) < 4.78 is 26.5. The highest BCUT2D eigenvalue weighted by molar-refractivity contribution is 7.94. The van der Waals surface area contributed by atoms with Crippen molar-refractivity contribution in [3.8, 4) is 0 Å². The molecule has 0 aliphatic rings. The smallest absolute Gasteiger partial charge is 0.293 e. The Hall–Kier alpha value is -2.00. The maximum atomic E-state index is 12.7. The van der Waals surface area contributed by atoms with Gasteiger partial charge in [-0.25, -0.2) is 0 Å². The van der Waals surface area contributed by atoms with Crippen LogP contribution in [0.2, 0.25) is 0 Å². The first-order valence-corrected chi connectivity index (χ1v) is 9.34. The Morgan fingerprint density at radius 3 is 2.48 bits per heavy atom. The number of sulfonamides is 1. The fourth-order valence-electron chi connectivity index (χ4n) is 1.79. The number of nitrogens with one attached hydrogen (secondary N) is 1. The summed E-state index contributed by atoms with van der Waals surface area (Å²) in [5.41, 5.74) is 0.554. The van der Waals surface area contributed by atoms with Gasteiger partial charge in [0.15, 0.2) is 0 Å². The maximum Gasteiger partial charge on any atom is 0.293 e. The van der Waals surface area contributed by atoms with Gasteiger partial charge in [0, 0.05) is 12.5 Å². The maximum absolute atomic E-state index is 12.7. The molecule has 1 aromatic heterocycles. The molecule has 0 atom stereocenters. The minimum Gasteiger partial charge on any atom is -0.300 e. The lowest BCUT2D eigenvalue weighted by Gasteiger charge is -2.20. The van der Waals surface area contributed by atoms with Gasteiger partial charge in [-0.1, -0.05) is 43.4 Å². The van der Waals surface area contributed by atoms with Gasteiger partial charge in [0.25, 0.3) is 14.4 Å². The predicted molar refractivity (Wildman–Crippen MR) is 90.0 cm³/mol. The first-order chi connectivity index (χ1) is 10.9.